The number of aryl methyl sites for hydroxylation is 1. The maximum Gasteiger partial charge on any atom is 0.329 e. The van der Waals surface area contributed by atoms with E-state index in [4.69, 9.17) is 0 Å². The minimum Gasteiger partial charge on any atom is -0.336 e. The third-order valence-corrected chi connectivity index (χ3v) is 2.41. The molecule has 0 aliphatic rings. The molecule has 0 saturated heterocycles. The number of aromatic nitrogens is 4. The van der Waals surface area contributed by atoms with Gasteiger partial charge in [-0.15, -0.1) is 0 Å². The summed E-state index contributed by atoms with van der Waals surface area (Å²) in [6.07, 6.45) is 0.752. The van der Waals surface area contributed by atoms with E-state index in [-0.39, 0.29) is 0 Å². The molecule has 0 atom stereocenters. The molecule has 0 aliphatic heterocycles. The fourth-order valence-electron chi connectivity index (χ4n) is 1.64. The van der Waals surface area contributed by atoms with E-state index in [2.05, 4.69) is 28.8 Å². The fraction of sp³-hybridized carbons (Fsp3) is 0.500. The molecule has 2 aromatic heterocycles. The largest absolute Gasteiger partial charge is 0.336 e. The lowest BCUT2D eigenvalue weighted by atomic mass is 10.1. The molecule has 0 radical (unpaired) electrons. The average Bonchev–Trinajstić information content (AvgIpc) is 2.58. The monoisotopic (exact) mass is 222 g/mol. The van der Waals surface area contributed by atoms with Gasteiger partial charge in [0.25, 0.3) is 5.56 Å². The van der Waals surface area contributed by atoms with Crippen LogP contribution >= 0.6 is 0 Å². The normalized spacial score (nSPS) is 11.5. The second kappa shape index (κ2) is 3.62. The molecule has 2 heterocycles. The molecule has 2 rings (SSSR count). The van der Waals surface area contributed by atoms with E-state index >= 15 is 0 Å². The summed E-state index contributed by atoms with van der Waals surface area (Å²) >= 11 is 0. The van der Waals surface area contributed by atoms with E-state index < -0.39 is 11.2 Å². The van der Waals surface area contributed by atoms with Crippen molar-refractivity contribution < 1.29 is 0 Å². The molecule has 16 heavy (non-hydrogen) atoms. The summed E-state index contributed by atoms with van der Waals surface area (Å²) in [4.78, 5) is 32.3. The molecule has 0 saturated carbocycles. The third kappa shape index (κ3) is 1.66. The summed E-state index contributed by atoms with van der Waals surface area (Å²) in [6, 6.07) is 0. The molecule has 0 aromatic carbocycles. The number of aromatic amines is 2. The first-order valence-corrected chi connectivity index (χ1v) is 5.17. The van der Waals surface area contributed by atoms with Gasteiger partial charge in [0.05, 0.1) is 0 Å². The molecule has 0 amide bonds. The van der Waals surface area contributed by atoms with Gasteiger partial charge in [0.15, 0.2) is 5.65 Å². The van der Waals surface area contributed by atoms with Crippen LogP contribution in [0.25, 0.3) is 11.2 Å². The Labute approximate surface area is 91.3 Å². The van der Waals surface area contributed by atoms with Crippen LogP contribution in [0.2, 0.25) is 0 Å². The average molecular weight is 222 g/mol. The molecule has 0 fully saturated rings. The zero-order valence-electron chi connectivity index (χ0n) is 9.50. The van der Waals surface area contributed by atoms with E-state index in [1.165, 1.54) is 4.57 Å². The topological polar surface area (TPSA) is 83.5 Å². The minimum absolute atomic E-state index is 0.359. The maximum atomic E-state index is 11.5. The van der Waals surface area contributed by atoms with Gasteiger partial charge in [0.1, 0.15) is 11.3 Å². The smallest absolute Gasteiger partial charge is 0.329 e. The van der Waals surface area contributed by atoms with Crippen molar-refractivity contribution >= 4 is 11.2 Å². The van der Waals surface area contributed by atoms with Crippen LogP contribution in [-0.4, -0.2) is 19.5 Å². The van der Waals surface area contributed by atoms with Crippen LogP contribution in [-0.2, 0) is 13.5 Å². The van der Waals surface area contributed by atoms with Crippen LogP contribution < -0.4 is 11.2 Å². The molecule has 6 heteroatoms. The number of fused-ring (bicyclic) bond motifs is 1. The molecular weight excluding hydrogens is 208 g/mol. The molecule has 0 spiro atoms. The number of imidazole rings is 1. The van der Waals surface area contributed by atoms with Crippen molar-refractivity contribution in [3.63, 3.8) is 0 Å². The van der Waals surface area contributed by atoms with Crippen molar-refractivity contribution in [2.24, 2.45) is 13.0 Å². The molecule has 0 aliphatic carbocycles. The minimum atomic E-state index is -0.444. The number of rotatable bonds is 2. The number of nitrogens with one attached hydrogen (secondary N) is 2. The first kappa shape index (κ1) is 10.7. The Kier molecular flexibility index (Phi) is 2.41. The van der Waals surface area contributed by atoms with Gasteiger partial charge in [-0.25, -0.2) is 9.78 Å². The van der Waals surface area contributed by atoms with Gasteiger partial charge in [0.2, 0.25) is 0 Å². The lowest BCUT2D eigenvalue weighted by Gasteiger charge is -1.98. The Balaban J connectivity index is 2.70. The van der Waals surface area contributed by atoms with Crippen molar-refractivity contribution in [1.82, 2.24) is 19.5 Å². The van der Waals surface area contributed by atoms with Crippen molar-refractivity contribution in [3.05, 3.63) is 26.7 Å². The molecule has 86 valence electrons. The maximum absolute atomic E-state index is 11.5. The number of H-pyrrole nitrogens is 2. The molecular formula is C10H14N4O2. The number of hydrogen-bond donors (Lipinski definition) is 2. The first-order chi connectivity index (χ1) is 7.49. The third-order valence-electron chi connectivity index (χ3n) is 2.41. The Morgan fingerprint density at radius 1 is 1.31 bits per heavy atom. The SMILES string of the molecule is CC(C)Cc1nc2c([nH]1)c(=O)[nH]c(=O)n2C. The Bertz CT molecular complexity index is 632. The Hall–Kier alpha value is -1.85. The van der Waals surface area contributed by atoms with Crippen LogP contribution in [0.4, 0.5) is 0 Å². The zero-order chi connectivity index (χ0) is 11.9. The van der Waals surface area contributed by atoms with Gasteiger partial charge >= 0.3 is 5.69 Å². The van der Waals surface area contributed by atoms with Gasteiger partial charge in [-0.3, -0.25) is 14.3 Å². The van der Waals surface area contributed by atoms with Crippen LogP contribution in [0.15, 0.2) is 9.59 Å². The summed E-state index contributed by atoms with van der Waals surface area (Å²) in [6.45, 7) is 4.13. The van der Waals surface area contributed by atoms with Crippen molar-refractivity contribution in [1.29, 1.82) is 0 Å². The van der Waals surface area contributed by atoms with E-state index in [1.807, 2.05) is 0 Å². The molecule has 2 aromatic rings. The molecule has 0 bridgehead atoms. The molecule has 2 N–H and O–H groups in total. The van der Waals surface area contributed by atoms with Crippen LogP contribution in [0.5, 0.6) is 0 Å². The number of nitrogens with zero attached hydrogens (tertiary/aromatic N) is 2. The van der Waals surface area contributed by atoms with E-state index in [9.17, 15) is 9.59 Å². The van der Waals surface area contributed by atoms with Crippen molar-refractivity contribution in [2.75, 3.05) is 0 Å². The number of hydrogen-bond acceptors (Lipinski definition) is 3. The highest BCUT2D eigenvalue weighted by Crippen LogP contribution is 2.08. The first-order valence-electron chi connectivity index (χ1n) is 5.17. The van der Waals surface area contributed by atoms with E-state index in [0.717, 1.165) is 12.2 Å². The van der Waals surface area contributed by atoms with Crippen molar-refractivity contribution in [3.8, 4) is 0 Å². The lowest BCUT2D eigenvalue weighted by Crippen LogP contribution is -2.28. The van der Waals surface area contributed by atoms with E-state index in [1.54, 1.807) is 7.05 Å². The quantitative estimate of drug-likeness (QED) is 0.758. The lowest BCUT2D eigenvalue weighted by molar-refractivity contribution is 0.626. The second-order valence-corrected chi connectivity index (χ2v) is 4.30. The highest BCUT2D eigenvalue weighted by atomic mass is 16.2. The second-order valence-electron chi connectivity index (χ2n) is 4.30. The van der Waals surface area contributed by atoms with Gasteiger partial charge in [-0.05, 0) is 5.92 Å². The fourth-order valence-corrected chi connectivity index (χ4v) is 1.64. The predicted molar refractivity (Wildman–Crippen MR) is 60.5 cm³/mol. The van der Waals surface area contributed by atoms with Gasteiger partial charge in [-0.1, -0.05) is 13.8 Å². The van der Waals surface area contributed by atoms with E-state index in [0.29, 0.717) is 17.1 Å². The molecule has 0 unspecified atom stereocenters. The Morgan fingerprint density at radius 3 is 2.62 bits per heavy atom. The van der Waals surface area contributed by atoms with Crippen LogP contribution in [0, 0.1) is 5.92 Å². The van der Waals surface area contributed by atoms with Crippen LogP contribution in [0.1, 0.15) is 19.7 Å². The zero-order valence-corrected chi connectivity index (χ0v) is 9.50. The summed E-state index contributed by atoms with van der Waals surface area (Å²) in [5, 5.41) is 0. The summed E-state index contributed by atoms with van der Waals surface area (Å²) in [7, 11) is 1.58. The van der Waals surface area contributed by atoms with Gasteiger partial charge in [0, 0.05) is 13.5 Å². The summed E-state index contributed by atoms with van der Waals surface area (Å²) < 4.78 is 1.33. The summed E-state index contributed by atoms with van der Waals surface area (Å²) in [5.74, 6) is 1.17. The van der Waals surface area contributed by atoms with Gasteiger partial charge in [-0.2, -0.15) is 0 Å². The molecule has 6 nitrogen and oxygen atoms in total. The Morgan fingerprint density at radius 2 is 2.00 bits per heavy atom. The van der Waals surface area contributed by atoms with Crippen molar-refractivity contribution in [2.45, 2.75) is 20.3 Å². The van der Waals surface area contributed by atoms with Crippen LogP contribution in [0.3, 0.4) is 0 Å². The summed E-state index contributed by atoms with van der Waals surface area (Å²) in [5.41, 5.74) is -0.0946. The highest BCUT2D eigenvalue weighted by molar-refractivity contribution is 5.69. The van der Waals surface area contributed by atoms with Gasteiger partial charge < -0.3 is 4.98 Å². The standard InChI is InChI=1S/C10H14N4O2/c1-5(2)4-6-11-7-8(12-6)14(3)10(16)13-9(7)15/h5H,4H2,1-3H3,(H,11,12)(H,13,15,16). The highest BCUT2D eigenvalue weighted by Gasteiger charge is 2.11. The predicted octanol–water partition coefficient (Wildman–Crippen LogP) is 0.148.